The molecule has 0 atom stereocenters. The molecule has 0 fully saturated rings. The van der Waals surface area contributed by atoms with E-state index in [4.69, 9.17) is 14.3 Å². The Morgan fingerprint density at radius 2 is 2.00 bits per heavy atom. The summed E-state index contributed by atoms with van der Waals surface area (Å²) in [7, 11) is 1.69. The first-order chi connectivity index (χ1) is 12.4. The summed E-state index contributed by atoms with van der Waals surface area (Å²) in [6, 6.07) is 8.66. The van der Waals surface area contributed by atoms with E-state index in [-0.39, 0.29) is 18.3 Å². The summed E-state index contributed by atoms with van der Waals surface area (Å²) < 4.78 is 10.8. The van der Waals surface area contributed by atoms with Crippen molar-refractivity contribution < 1.29 is 23.8 Å². The Labute approximate surface area is 152 Å². The van der Waals surface area contributed by atoms with Crippen LogP contribution in [0.1, 0.15) is 33.9 Å². The number of hydrogen-bond acceptors (Lipinski definition) is 4. The topological polar surface area (TPSA) is 92.0 Å². The molecule has 2 aromatic rings. The second-order valence-electron chi connectivity index (χ2n) is 6.12. The van der Waals surface area contributed by atoms with Crippen molar-refractivity contribution in [3.05, 3.63) is 53.0 Å². The molecule has 140 valence electrons. The molecule has 0 aliphatic rings. The molecule has 2 N–H and O–H groups in total. The molecule has 7 heteroatoms. The van der Waals surface area contributed by atoms with Crippen LogP contribution in [0.3, 0.4) is 0 Å². The average Bonchev–Trinajstić information content (AvgIpc) is 3.07. The molecule has 26 heavy (non-hydrogen) atoms. The number of rotatable bonds is 8. The van der Waals surface area contributed by atoms with Crippen LogP contribution >= 0.6 is 0 Å². The van der Waals surface area contributed by atoms with Gasteiger partial charge in [-0.15, -0.1) is 0 Å². The van der Waals surface area contributed by atoms with E-state index in [0.717, 1.165) is 11.3 Å². The number of nitrogens with zero attached hydrogens (tertiary/aromatic N) is 1. The Kier molecular flexibility index (Phi) is 6.66. The van der Waals surface area contributed by atoms with Crippen LogP contribution in [-0.2, 0) is 6.54 Å². The molecular formula is C19H24N2O5. The van der Waals surface area contributed by atoms with Crippen molar-refractivity contribution in [1.29, 1.82) is 0 Å². The highest BCUT2D eigenvalue weighted by Crippen LogP contribution is 2.18. The van der Waals surface area contributed by atoms with Crippen LogP contribution in [0.5, 0.6) is 5.75 Å². The third-order valence-corrected chi connectivity index (χ3v) is 3.86. The van der Waals surface area contributed by atoms with Gasteiger partial charge in [0, 0.05) is 13.6 Å². The molecule has 0 bridgehead atoms. The normalized spacial score (nSPS) is 10.4. The predicted octanol–water partition coefficient (Wildman–Crippen LogP) is 3.21. The Morgan fingerprint density at radius 1 is 1.23 bits per heavy atom. The number of carboxylic acids is 1. The van der Waals surface area contributed by atoms with Gasteiger partial charge in [-0.25, -0.2) is 9.59 Å². The third-order valence-electron chi connectivity index (χ3n) is 3.86. The summed E-state index contributed by atoms with van der Waals surface area (Å²) in [4.78, 5) is 24.3. The van der Waals surface area contributed by atoms with Crippen LogP contribution in [0, 0.1) is 13.8 Å². The summed E-state index contributed by atoms with van der Waals surface area (Å²) >= 11 is 0. The van der Waals surface area contributed by atoms with Gasteiger partial charge in [-0.05, 0) is 44.0 Å². The fourth-order valence-corrected chi connectivity index (χ4v) is 2.43. The summed E-state index contributed by atoms with van der Waals surface area (Å²) in [5.74, 6) is -0.0354. The van der Waals surface area contributed by atoms with Crippen LogP contribution in [0.15, 0.2) is 34.7 Å². The number of aryl methyl sites for hydroxylation is 2. The lowest BCUT2D eigenvalue weighted by Gasteiger charge is -2.18. The maximum Gasteiger partial charge on any atom is 0.371 e. The summed E-state index contributed by atoms with van der Waals surface area (Å²) in [6.07, 6.45) is 0.696. The van der Waals surface area contributed by atoms with Gasteiger partial charge in [0.05, 0.1) is 13.2 Å². The Bertz CT molecular complexity index is 769. The summed E-state index contributed by atoms with van der Waals surface area (Å²) in [5, 5.41) is 11.5. The van der Waals surface area contributed by atoms with Crippen molar-refractivity contribution in [2.75, 3.05) is 20.2 Å². The second kappa shape index (κ2) is 8.94. The zero-order chi connectivity index (χ0) is 19.1. The van der Waals surface area contributed by atoms with Crippen molar-refractivity contribution in [1.82, 2.24) is 10.2 Å². The second-order valence-corrected chi connectivity index (χ2v) is 6.12. The minimum Gasteiger partial charge on any atom is -0.493 e. The predicted molar refractivity (Wildman–Crippen MR) is 96.6 cm³/mol. The monoisotopic (exact) mass is 360 g/mol. The number of nitrogens with one attached hydrogen (secondary N) is 1. The van der Waals surface area contributed by atoms with Gasteiger partial charge in [0.15, 0.2) is 0 Å². The molecule has 0 saturated carbocycles. The van der Waals surface area contributed by atoms with E-state index in [1.165, 1.54) is 17.7 Å². The van der Waals surface area contributed by atoms with Gasteiger partial charge < -0.3 is 24.5 Å². The van der Waals surface area contributed by atoms with E-state index in [9.17, 15) is 9.59 Å². The van der Waals surface area contributed by atoms with E-state index in [1.807, 2.05) is 26.0 Å². The van der Waals surface area contributed by atoms with Crippen molar-refractivity contribution in [2.24, 2.45) is 0 Å². The summed E-state index contributed by atoms with van der Waals surface area (Å²) in [6.45, 7) is 5.23. The lowest BCUT2D eigenvalue weighted by molar-refractivity contribution is 0.0660. The van der Waals surface area contributed by atoms with Crippen molar-refractivity contribution in [3.8, 4) is 5.75 Å². The highest BCUT2D eigenvalue weighted by molar-refractivity contribution is 5.84. The molecule has 0 saturated heterocycles. The van der Waals surface area contributed by atoms with E-state index in [1.54, 1.807) is 11.9 Å². The smallest absolute Gasteiger partial charge is 0.371 e. The molecule has 0 aliphatic carbocycles. The van der Waals surface area contributed by atoms with Gasteiger partial charge in [-0.1, -0.05) is 17.7 Å². The standard InChI is InChI=1S/C19H24N2O5/c1-13-5-7-16(14(2)11-13)25-10-4-9-21(3)19(24)20-12-15-6-8-17(26-15)18(22)23/h5-8,11H,4,9-10,12H2,1-3H3,(H,20,24)(H,22,23). The average molecular weight is 360 g/mol. The number of ether oxygens (including phenoxy) is 1. The zero-order valence-corrected chi connectivity index (χ0v) is 15.2. The Morgan fingerprint density at radius 3 is 2.65 bits per heavy atom. The fourth-order valence-electron chi connectivity index (χ4n) is 2.43. The van der Waals surface area contributed by atoms with Crippen LogP contribution in [-0.4, -0.2) is 42.2 Å². The van der Waals surface area contributed by atoms with Gasteiger partial charge in [0.1, 0.15) is 11.5 Å². The Balaban J connectivity index is 1.68. The third kappa shape index (κ3) is 5.54. The van der Waals surface area contributed by atoms with Crippen LogP contribution in [0.25, 0.3) is 0 Å². The molecule has 2 rings (SSSR count). The minimum atomic E-state index is -1.14. The quantitative estimate of drug-likeness (QED) is 0.705. The number of hydrogen-bond donors (Lipinski definition) is 2. The lowest BCUT2D eigenvalue weighted by atomic mass is 10.1. The molecule has 0 aliphatic heterocycles. The van der Waals surface area contributed by atoms with E-state index < -0.39 is 5.97 Å². The molecule has 7 nitrogen and oxygen atoms in total. The fraction of sp³-hybridized carbons (Fsp3) is 0.368. The first-order valence-corrected chi connectivity index (χ1v) is 8.38. The van der Waals surface area contributed by atoms with E-state index in [2.05, 4.69) is 11.4 Å². The molecule has 1 heterocycles. The van der Waals surface area contributed by atoms with Crippen LogP contribution in [0.2, 0.25) is 0 Å². The number of aromatic carboxylic acids is 1. The van der Waals surface area contributed by atoms with Gasteiger partial charge in [-0.2, -0.15) is 0 Å². The SMILES string of the molecule is Cc1ccc(OCCCN(C)C(=O)NCc2ccc(C(=O)O)o2)c(C)c1. The van der Waals surface area contributed by atoms with Crippen molar-refractivity contribution in [3.63, 3.8) is 0 Å². The number of urea groups is 1. The first-order valence-electron chi connectivity index (χ1n) is 8.38. The molecule has 0 radical (unpaired) electrons. The largest absolute Gasteiger partial charge is 0.493 e. The molecule has 2 amide bonds. The van der Waals surface area contributed by atoms with Crippen LogP contribution in [0.4, 0.5) is 4.79 Å². The van der Waals surface area contributed by atoms with Crippen LogP contribution < -0.4 is 10.1 Å². The number of carbonyl (C=O) groups is 2. The van der Waals surface area contributed by atoms with Gasteiger partial charge >= 0.3 is 12.0 Å². The highest BCUT2D eigenvalue weighted by Gasteiger charge is 2.12. The number of carboxylic acid groups (broad SMARTS) is 1. The van der Waals surface area contributed by atoms with Gasteiger partial charge in [0.2, 0.25) is 5.76 Å². The molecular weight excluding hydrogens is 336 g/mol. The maximum atomic E-state index is 12.0. The number of furan rings is 1. The minimum absolute atomic E-state index is 0.134. The highest BCUT2D eigenvalue weighted by atomic mass is 16.5. The number of carbonyl (C=O) groups excluding carboxylic acids is 1. The van der Waals surface area contributed by atoms with Crippen molar-refractivity contribution >= 4 is 12.0 Å². The molecule has 0 unspecified atom stereocenters. The molecule has 1 aromatic heterocycles. The lowest BCUT2D eigenvalue weighted by Crippen LogP contribution is -2.37. The van der Waals surface area contributed by atoms with Crippen molar-refractivity contribution in [2.45, 2.75) is 26.8 Å². The maximum absolute atomic E-state index is 12.0. The Hall–Kier alpha value is -2.96. The van der Waals surface area contributed by atoms with E-state index >= 15 is 0 Å². The van der Waals surface area contributed by atoms with E-state index in [0.29, 0.717) is 25.3 Å². The van der Waals surface area contributed by atoms with Gasteiger partial charge in [0.25, 0.3) is 0 Å². The zero-order valence-electron chi connectivity index (χ0n) is 15.2. The number of benzene rings is 1. The summed E-state index contributed by atoms with van der Waals surface area (Å²) in [5.41, 5.74) is 2.29. The first kappa shape index (κ1) is 19.4. The van der Waals surface area contributed by atoms with Gasteiger partial charge in [-0.3, -0.25) is 0 Å². The number of amides is 2. The molecule has 1 aromatic carbocycles. The molecule has 0 spiro atoms.